The Morgan fingerprint density at radius 2 is 1.02 bits per heavy atom. The molecule has 0 bridgehead atoms. The van der Waals surface area contributed by atoms with E-state index in [1.165, 1.54) is 27.8 Å². The number of ether oxygens (including phenoxy) is 2. The number of rotatable bonds is 8. The van der Waals surface area contributed by atoms with Crippen LogP contribution >= 0.6 is 0 Å². The molecule has 0 saturated carbocycles. The number of allylic oxidation sites excluding steroid dienone is 4. The van der Waals surface area contributed by atoms with E-state index in [0.717, 1.165) is 56.1 Å². The molecule has 2 aliphatic rings. The maximum Gasteiger partial charge on any atom is 0.177 e. The van der Waals surface area contributed by atoms with Gasteiger partial charge in [0.1, 0.15) is 5.76 Å². The summed E-state index contributed by atoms with van der Waals surface area (Å²) in [6.45, 7) is 6.25. The van der Waals surface area contributed by atoms with E-state index in [1.807, 2.05) is 38.1 Å². The molecule has 0 fully saturated rings. The zero-order valence-corrected chi connectivity index (χ0v) is 33.8. The highest BCUT2D eigenvalue weighted by Gasteiger charge is 2.45. The molecule has 0 N–H and O–H groups in total. The first-order valence-electron chi connectivity index (χ1n) is 20.4. The lowest BCUT2D eigenvalue weighted by molar-refractivity contribution is 0.308. The van der Waals surface area contributed by atoms with Crippen molar-refractivity contribution in [2.75, 3.05) is 0 Å². The lowest BCUT2D eigenvalue weighted by Gasteiger charge is -2.35. The molecule has 1 aliphatic heterocycles. The minimum absolute atomic E-state index is 0.441. The van der Waals surface area contributed by atoms with Gasteiger partial charge in [-0.25, -0.2) is 9.97 Å². The van der Waals surface area contributed by atoms with E-state index in [4.69, 9.17) is 19.4 Å². The van der Waals surface area contributed by atoms with Crippen LogP contribution in [0.2, 0.25) is 0 Å². The van der Waals surface area contributed by atoms with Crippen LogP contribution in [0.5, 0.6) is 11.5 Å². The molecular weight excluding hydrogens is 733 g/mol. The zero-order chi connectivity index (χ0) is 40.6. The summed E-state index contributed by atoms with van der Waals surface area (Å²) in [5, 5.41) is 0. The van der Waals surface area contributed by atoms with Crippen molar-refractivity contribution in [3.63, 3.8) is 0 Å². The third-order valence-electron chi connectivity index (χ3n) is 11.8. The SMILES string of the molecule is C/C=C(\C1=C(C)Oc2c(ccc3c2C=C(C)C3(c2ccccc2)c2ccccc2)O1)c1ccc(-c2cc(-c3ccccc3)nc(-c3ccc(-c4ccccc4)cc3)n2)cc1. The summed E-state index contributed by atoms with van der Waals surface area (Å²) in [5.74, 6) is 3.53. The van der Waals surface area contributed by atoms with Crippen LogP contribution in [0.4, 0.5) is 0 Å². The van der Waals surface area contributed by atoms with Crippen molar-refractivity contribution >= 4 is 11.6 Å². The van der Waals surface area contributed by atoms with Crippen LogP contribution in [0.1, 0.15) is 48.6 Å². The molecule has 7 aromatic carbocycles. The second-order valence-corrected chi connectivity index (χ2v) is 15.3. The molecule has 4 heteroatoms. The normalized spacial score (nSPS) is 14.1. The lowest BCUT2D eigenvalue weighted by atomic mass is 9.67. The van der Waals surface area contributed by atoms with Gasteiger partial charge in [0.25, 0.3) is 0 Å². The number of fused-ring (bicyclic) bond motifs is 3. The van der Waals surface area contributed by atoms with Crippen molar-refractivity contribution in [3.8, 4) is 56.5 Å². The standard InChI is InChI=1S/C56H42N2O2/c1-4-47(53-38(3)59-54-48-35-37(2)56(45-21-13-7-14-22-45,46-23-15-8-16-24-46)49(48)33-34-52(54)60-53)41-27-29-43(30-28-41)51-36-50(42-19-11-6-12-20-42)57-55(58-51)44-31-25-40(26-32-44)39-17-9-5-10-18-39/h4-36H,1-3H3/b47-4-. The van der Waals surface area contributed by atoms with Crippen molar-refractivity contribution < 1.29 is 9.47 Å². The Labute approximate surface area is 351 Å². The van der Waals surface area contributed by atoms with Gasteiger partial charge in [-0.05, 0) is 66.3 Å². The van der Waals surface area contributed by atoms with E-state index in [-0.39, 0.29) is 0 Å². The van der Waals surface area contributed by atoms with Crippen molar-refractivity contribution in [2.45, 2.75) is 26.2 Å². The van der Waals surface area contributed by atoms with E-state index in [0.29, 0.717) is 23.1 Å². The minimum atomic E-state index is -0.441. The molecule has 0 saturated heterocycles. The number of hydrogen-bond donors (Lipinski definition) is 0. The molecule has 0 amide bonds. The maximum atomic E-state index is 6.81. The molecule has 10 rings (SSSR count). The van der Waals surface area contributed by atoms with Crippen LogP contribution in [0.3, 0.4) is 0 Å². The fourth-order valence-corrected chi connectivity index (χ4v) is 8.88. The third kappa shape index (κ3) is 6.34. The summed E-state index contributed by atoms with van der Waals surface area (Å²) in [7, 11) is 0. The molecular formula is C56H42N2O2. The monoisotopic (exact) mass is 774 g/mol. The van der Waals surface area contributed by atoms with Crippen LogP contribution in [-0.4, -0.2) is 9.97 Å². The lowest BCUT2D eigenvalue weighted by Crippen LogP contribution is -2.29. The summed E-state index contributed by atoms with van der Waals surface area (Å²) in [6, 6.07) is 65.5. The number of hydrogen-bond acceptors (Lipinski definition) is 4. The Morgan fingerprint density at radius 3 is 1.60 bits per heavy atom. The Kier molecular flexibility index (Phi) is 9.38. The van der Waals surface area contributed by atoms with Crippen molar-refractivity contribution in [1.29, 1.82) is 0 Å². The number of nitrogens with zero attached hydrogens (tertiary/aromatic N) is 2. The van der Waals surface area contributed by atoms with E-state index >= 15 is 0 Å². The highest BCUT2D eigenvalue weighted by Crippen LogP contribution is 2.56. The Morgan fingerprint density at radius 1 is 0.517 bits per heavy atom. The molecule has 1 aliphatic carbocycles. The number of aromatic nitrogens is 2. The molecule has 8 aromatic rings. The van der Waals surface area contributed by atoms with Gasteiger partial charge in [0.05, 0.1) is 16.8 Å². The van der Waals surface area contributed by atoms with Crippen LogP contribution in [0, 0.1) is 0 Å². The highest BCUT2D eigenvalue weighted by atomic mass is 16.6. The summed E-state index contributed by atoms with van der Waals surface area (Å²) in [6.07, 6.45) is 4.36. The molecule has 1 aromatic heterocycles. The van der Waals surface area contributed by atoms with Crippen LogP contribution in [0.15, 0.2) is 211 Å². The topological polar surface area (TPSA) is 44.2 Å². The largest absolute Gasteiger partial charge is 0.454 e. The molecule has 0 atom stereocenters. The fraction of sp³-hybridized carbons (Fsp3) is 0.0714. The summed E-state index contributed by atoms with van der Waals surface area (Å²) in [5.41, 5.74) is 14.5. The highest BCUT2D eigenvalue weighted by molar-refractivity contribution is 5.85. The zero-order valence-electron chi connectivity index (χ0n) is 33.8. The van der Waals surface area contributed by atoms with Crippen LogP contribution < -0.4 is 9.47 Å². The Balaban J connectivity index is 0.973. The molecule has 60 heavy (non-hydrogen) atoms. The quantitative estimate of drug-likeness (QED) is 0.154. The van der Waals surface area contributed by atoms with Crippen LogP contribution in [-0.2, 0) is 5.41 Å². The van der Waals surface area contributed by atoms with Gasteiger partial charge in [0.15, 0.2) is 23.1 Å². The number of benzene rings is 7. The van der Waals surface area contributed by atoms with Gasteiger partial charge >= 0.3 is 0 Å². The summed E-state index contributed by atoms with van der Waals surface area (Å²) >= 11 is 0. The third-order valence-corrected chi connectivity index (χ3v) is 11.8. The van der Waals surface area contributed by atoms with Gasteiger partial charge < -0.3 is 9.47 Å². The average Bonchev–Trinajstić information content (AvgIpc) is 3.63. The fourth-order valence-electron chi connectivity index (χ4n) is 8.88. The predicted octanol–water partition coefficient (Wildman–Crippen LogP) is 14.0. The van der Waals surface area contributed by atoms with Gasteiger partial charge in [-0.3, -0.25) is 0 Å². The van der Waals surface area contributed by atoms with Gasteiger partial charge in [0.2, 0.25) is 0 Å². The smallest absolute Gasteiger partial charge is 0.177 e. The Hall–Kier alpha value is -7.56. The van der Waals surface area contributed by atoms with Crippen LogP contribution in [0.25, 0.3) is 56.7 Å². The molecule has 4 nitrogen and oxygen atoms in total. The van der Waals surface area contributed by atoms with Crippen molar-refractivity contribution in [1.82, 2.24) is 9.97 Å². The molecule has 2 heterocycles. The van der Waals surface area contributed by atoms with Crippen molar-refractivity contribution in [2.24, 2.45) is 0 Å². The first kappa shape index (κ1) is 36.8. The predicted molar refractivity (Wildman–Crippen MR) is 244 cm³/mol. The van der Waals surface area contributed by atoms with Gasteiger partial charge in [-0.1, -0.05) is 194 Å². The van der Waals surface area contributed by atoms with E-state index in [9.17, 15) is 0 Å². The molecule has 0 radical (unpaired) electrons. The first-order valence-corrected chi connectivity index (χ1v) is 20.4. The second kappa shape index (κ2) is 15.3. The Bertz CT molecular complexity index is 2910. The average molecular weight is 775 g/mol. The first-order chi connectivity index (χ1) is 29.5. The van der Waals surface area contributed by atoms with E-state index < -0.39 is 5.41 Å². The summed E-state index contributed by atoms with van der Waals surface area (Å²) in [4.78, 5) is 10.2. The van der Waals surface area contributed by atoms with Gasteiger partial charge in [-0.15, -0.1) is 0 Å². The second-order valence-electron chi connectivity index (χ2n) is 15.3. The van der Waals surface area contributed by atoms with E-state index in [1.54, 1.807) is 0 Å². The van der Waals surface area contributed by atoms with Gasteiger partial charge in [0, 0.05) is 27.8 Å². The minimum Gasteiger partial charge on any atom is -0.454 e. The molecule has 0 spiro atoms. The van der Waals surface area contributed by atoms with Crippen molar-refractivity contribution in [3.05, 3.63) is 239 Å². The molecule has 0 unspecified atom stereocenters. The maximum absolute atomic E-state index is 6.81. The van der Waals surface area contributed by atoms with E-state index in [2.05, 4.69) is 183 Å². The molecule has 288 valence electrons. The van der Waals surface area contributed by atoms with Gasteiger partial charge in [-0.2, -0.15) is 0 Å². The summed E-state index contributed by atoms with van der Waals surface area (Å²) < 4.78 is 13.6.